The van der Waals surface area contributed by atoms with E-state index in [0.717, 1.165) is 22.5 Å². The maximum atomic E-state index is 12.6. The number of amides is 1. The summed E-state index contributed by atoms with van der Waals surface area (Å²) in [5, 5.41) is 10.1. The molecule has 3 rings (SSSR count). The van der Waals surface area contributed by atoms with Crippen LogP contribution in [-0.4, -0.2) is 38.7 Å². The summed E-state index contributed by atoms with van der Waals surface area (Å²) in [5.74, 6) is 0.782. The van der Waals surface area contributed by atoms with Crippen LogP contribution in [0.2, 0.25) is 0 Å². The molecule has 0 aliphatic rings. The molecule has 0 saturated heterocycles. The van der Waals surface area contributed by atoms with E-state index in [4.69, 9.17) is 9.47 Å². The van der Waals surface area contributed by atoms with E-state index in [0.29, 0.717) is 36.9 Å². The van der Waals surface area contributed by atoms with Crippen molar-refractivity contribution in [2.45, 2.75) is 33.1 Å². The third-order valence-electron chi connectivity index (χ3n) is 4.11. The minimum Gasteiger partial charge on any atom is -0.490 e. The number of rotatable bonds is 9. The lowest BCUT2D eigenvalue weighted by Crippen LogP contribution is -2.19. The number of aromatic nitrogens is 4. The first-order valence-electron chi connectivity index (χ1n) is 9.60. The zero-order valence-corrected chi connectivity index (χ0v) is 17.0. The van der Waals surface area contributed by atoms with Gasteiger partial charge in [0, 0.05) is 12.4 Å². The first kappa shape index (κ1) is 22.2. The molecular formula is C20H22F3N5O3. The number of carbonyl (C=O) groups is 1. The fourth-order valence-electron chi connectivity index (χ4n) is 2.84. The highest BCUT2D eigenvalue weighted by Gasteiger charge is 2.33. The largest absolute Gasteiger partial charge is 0.490 e. The molecule has 0 fully saturated rings. The van der Waals surface area contributed by atoms with Crippen LogP contribution in [0.1, 0.15) is 25.1 Å². The van der Waals surface area contributed by atoms with Crippen molar-refractivity contribution in [2.24, 2.45) is 0 Å². The summed E-state index contributed by atoms with van der Waals surface area (Å²) in [7, 11) is 0. The number of anilines is 1. The van der Waals surface area contributed by atoms with Gasteiger partial charge in [-0.2, -0.15) is 23.4 Å². The Labute approximate surface area is 176 Å². The minimum atomic E-state index is -4.55. The highest BCUT2D eigenvalue weighted by atomic mass is 19.4. The number of carbonyl (C=O) groups excluding carboxylic acids is 1. The van der Waals surface area contributed by atoms with Crippen LogP contribution in [0.25, 0.3) is 0 Å². The summed E-state index contributed by atoms with van der Waals surface area (Å²) in [4.78, 5) is 12.1. The Hall–Kier alpha value is -3.50. The van der Waals surface area contributed by atoms with Gasteiger partial charge in [-0.15, -0.1) is 0 Å². The molecule has 2 aromatic heterocycles. The number of halogens is 3. The monoisotopic (exact) mass is 437 g/mol. The van der Waals surface area contributed by atoms with E-state index < -0.39 is 17.8 Å². The van der Waals surface area contributed by atoms with Crippen LogP contribution in [0, 0.1) is 0 Å². The molecule has 31 heavy (non-hydrogen) atoms. The highest BCUT2D eigenvalue weighted by molar-refractivity contribution is 5.90. The second-order valence-corrected chi connectivity index (χ2v) is 6.52. The van der Waals surface area contributed by atoms with Crippen LogP contribution in [0.4, 0.5) is 18.9 Å². The molecule has 1 N–H and O–H groups in total. The standard InChI is InChI=1S/C20H22F3N5O3/c1-3-30-16-6-5-14(9-17(16)31-4-2)11-28-12-15(10-24-28)25-19(29)13-27-8-7-18(26-27)20(21,22)23/h5-10,12H,3-4,11,13H2,1-2H3,(H,25,29). The van der Waals surface area contributed by atoms with Crippen LogP contribution in [-0.2, 0) is 24.1 Å². The molecule has 0 saturated carbocycles. The van der Waals surface area contributed by atoms with Gasteiger partial charge in [-0.05, 0) is 37.6 Å². The van der Waals surface area contributed by atoms with Crippen LogP contribution < -0.4 is 14.8 Å². The first-order chi connectivity index (χ1) is 14.8. The van der Waals surface area contributed by atoms with E-state index in [-0.39, 0.29) is 6.54 Å². The molecule has 8 nitrogen and oxygen atoms in total. The molecule has 0 radical (unpaired) electrons. The molecule has 2 heterocycles. The predicted molar refractivity (Wildman–Crippen MR) is 106 cm³/mol. The number of hydrogen-bond donors (Lipinski definition) is 1. The Morgan fingerprint density at radius 2 is 1.84 bits per heavy atom. The summed E-state index contributed by atoms with van der Waals surface area (Å²) in [5.41, 5.74) is 0.295. The normalized spacial score (nSPS) is 11.4. The first-order valence-corrected chi connectivity index (χ1v) is 9.60. The molecule has 11 heteroatoms. The summed E-state index contributed by atoms with van der Waals surface area (Å²) >= 11 is 0. The van der Waals surface area contributed by atoms with Crippen molar-refractivity contribution in [3.63, 3.8) is 0 Å². The number of benzene rings is 1. The lowest BCUT2D eigenvalue weighted by molar-refractivity contribution is -0.141. The third kappa shape index (κ3) is 6.00. The average molecular weight is 437 g/mol. The molecule has 166 valence electrons. The van der Waals surface area contributed by atoms with Crippen LogP contribution in [0.5, 0.6) is 11.5 Å². The molecule has 1 aromatic carbocycles. The fraction of sp³-hybridized carbons (Fsp3) is 0.350. The maximum Gasteiger partial charge on any atom is 0.435 e. The summed E-state index contributed by atoms with van der Waals surface area (Å²) in [6.07, 6.45) is -0.363. The van der Waals surface area contributed by atoms with Crippen molar-refractivity contribution >= 4 is 11.6 Å². The SMILES string of the molecule is CCOc1ccc(Cn2cc(NC(=O)Cn3ccc(C(F)(F)F)n3)cn2)cc1OCC. The van der Waals surface area contributed by atoms with E-state index in [9.17, 15) is 18.0 Å². The van der Waals surface area contributed by atoms with Crippen LogP contribution >= 0.6 is 0 Å². The quantitative estimate of drug-likeness (QED) is 0.553. The summed E-state index contributed by atoms with van der Waals surface area (Å²) in [6.45, 7) is 4.89. The summed E-state index contributed by atoms with van der Waals surface area (Å²) in [6, 6.07) is 6.40. The Bertz CT molecular complexity index is 1030. The van der Waals surface area contributed by atoms with Gasteiger partial charge in [-0.1, -0.05) is 6.07 Å². The van der Waals surface area contributed by atoms with E-state index in [1.54, 1.807) is 10.9 Å². The number of nitrogens with one attached hydrogen (secondary N) is 1. The maximum absolute atomic E-state index is 12.6. The molecule has 0 spiro atoms. The lowest BCUT2D eigenvalue weighted by atomic mass is 10.2. The van der Waals surface area contributed by atoms with Crippen molar-refractivity contribution in [3.8, 4) is 11.5 Å². The molecule has 0 aliphatic heterocycles. The van der Waals surface area contributed by atoms with Crippen LogP contribution in [0.15, 0.2) is 42.9 Å². The number of nitrogens with zero attached hydrogens (tertiary/aromatic N) is 4. The Morgan fingerprint density at radius 1 is 1.10 bits per heavy atom. The van der Waals surface area contributed by atoms with Gasteiger partial charge >= 0.3 is 6.18 Å². The Kier molecular flexibility index (Phi) is 6.83. The van der Waals surface area contributed by atoms with Crippen molar-refractivity contribution in [1.29, 1.82) is 0 Å². The molecular weight excluding hydrogens is 415 g/mol. The second-order valence-electron chi connectivity index (χ2n) is 6.52. The van der Waals surface area contributed by atoms with Gasteiger partial charge in [0.1, 0.15) is 6.54 Å². The smallest absolute Gasteiger partial charge is 0.435 e. The van der Waals surface area contributed by atoms with Crippen molar-refractivity contribution < 1.29 is 27.4 Å². The molecule has 3 aromatic rings. The second kappa shape index (κ2) is 9.54. The van der Waals surface area contributed by atoms with E-state index in [1.807, 2.05) is 32.0 Å². The van der Waals surface area contributed by atoms with Gasteiger partial charge in [0.15, 0.2) is 17.2 Å². The number of hydrogen-bond acceptors (Lipinski definition) is 5. The van der Waals surface area contributed by atoms with Crippen molar-refractivity contribution in [1.82, 2.24) is 19.6 Å². The Morgan fingerprint density at radius 3 is 2.52 bits per heavy atom. The average Bonchev–Trinajstić information content (AvgIpc) is 3.33. The van der Waals surface area contributed by atoms with Gasteiger partial charge in [-0.25, -0.2) is 0 Å². The number of ether oxygens (including phenoxy) is 2. The highest BCUT2D eigenvalue weighted by Crippen LogP contribution is 2.29. The summed E-state index contributed by atoms with van der Waals surface area (Å²) < 4.78 is 51.5. The number of alkyl halides is 3. The lowest BCUT2D eigenvalue weighted by Gasteiger charge is -2.12. The van der Waals surface area contributed by atoms with Crippen LogP contribution in [0.3, 0.4) is 0 Å². The molecule has 0 aliphatic carbocycles. The fourth-order valence-corrected chi connectivity index (χ4v) is 2.84. The molecule has 0 unspecified atom stereocenters. The van der Waals surface area contributed by atoms with E-state index in [2.05, 4.69) is 15.5 Å². The van der Waals surface area contributed by atoms with E-state index in [1.165, 1.54) is 6.20 Å². The third-order valence-corrected chi connectivity index (χ3v) is 4.11. The zero-order valence-electron chi connectivity index (χ0n) is 17.0. The van der Waals surface area contributed by atoms with Gasteiger partial charge in [-0.3, -0.25) is 14.2 Å². The molecule has 1 amide bonds. The minimum absolute atomic E-state index is 0.349. The Balaban J connectivity index is 1.60. The van der Waals surface area contributed by atoms with Gasteiger partial charge in [0.2, 0.25) is 5.91 Å². The topological polar surface area (TPSA) is 83.2 Å². The van der Waals surface area contributed by atoms with Crippen molar-refractivity contribution in [2.75, 3.05) is 18.5 Å². The van der Waals surface area contributed by atoms with Gasteiger partial charge < -0.3 is 14.8 Å². The zero-order chi connectivity index (χ0) is 22.4. The molecule has 0 atom stereocenters. The molecule has 0 bridgehead atoms. The van der Waals surface area contributed by atoms with Crippen molar-refractivity contribution in [3.05, 3.63) is 54.1 Å². The van der Waals surface area contributed by atoms with Gasteiger partial charge in [0.05, 0.1) is 31.6 Å². The predicted octanol–water partition coefficient (Wildman–Crippen LogP) is 3.58. The van der Waals surface area contributed by atoms with Gasteiger partial charge in [0.25, 0.3) is 0 Å². The van der Waals surface area contributed by atoms with E-state index >= 15 is 0 Å².